The van der Waals surface area contributed by atoms with Crippen LogP contribution in [0.1, 0.15) is 43.0 Å². The molecule has 0 fully saturated rings. The molecule has 0 aliphatic rings. The molecule has 1 N–H and O–H groups in total. The van der Waals surface area contributed by atoms with Gasteiger partial charge >= 0.3 is 0 Å². The third-order valence-corrected chi connectivity index (χ3v) is 6.02. The van der Waals surface area contributed by atoms with Gasteiger partial charge in [-0.1, -0.05) is 44.2 Å². The zero-order chi connectivity index (χ0) is 21.6. The Morgan fingerprint density at radius 2 is 1.86 bits per heavy atom. The summed E-state index contributed by atoms with van der Waals surface area (Å²) in [4.78, 5) is 12.8. The normalized spacial score (nSPS) is 12.3. The molecule has 0 aliphatic heterocycles. The number of amides is 1. The van der Waals surface area contributed by atoms with Crippen molar-refractivity contribution in [3.63, 3.8) is 0 Å². The van der Waals surface area contributed by atoms with Crippen molar-refractivity contribution < 1.29 is 17.9 Å². The van der Waals surface area contributed by atoms with Crippen molar-refractivity contribution in [3.05, 3.63) is 59.2 Å². The van der Waals surface area contributed by atoms with E-state index in [4.69, 9.17) is 4.74 Å². The van der Waals surface area contributed by atoms with Gasteiger partial charge in [0.2, 0.25) is 15.9 Å². The van der Waals surface area contributed by atoms with Crippen molar-refractivity contribution in [2.45, 2.75) is 39.7 Å². The first kappa shape index (κ1) is 22.7. The number of anilines is 1. The maximum absolute atomic E-state index is 12.8. The fourth-order valence-corrected chi connectivity index (χ4v) is 4.23. The monoisotopic (exact) mass is 418 g/mol. The minimum absolute atomic E-state index is 0.213. The molecule has 29 heavy (non-hydrogen) atoms. The fraction of sp³-hybridized carbons (Fsp3) is 0.409. The molecule has 0 aromatic heterocycles. The average molecular weight is 419 g/mol. The van der Waals surface area contributed by atoms with Crippen LogP contribution in [-0.2, 0) is 21.2 Å². The highest BCUT2D eigenvalue weighted by Gasteiger charge is 2.24. The zero-order valence-corrected chi connectivity index (χ0v) is 18.5. The second-order valence-electron chi connectivity index (χ2n) is 7.01. The highest BCUT2D eigenvalue weighted by molar-refractivity contribution is 7.92. The number of ether oxygens (including phenoxy) is 1. The number of rotatable bonds is 9. The number of methoxy groups -OCH3 is 1. The summed E-state index contributed by atoms with van der Waals surface area (Å²) in [5.41, 5.74) is 3.36. The van der Waals surface area contributed by atoms with E-state index in [0.717, 1.165) is 28.7 Å². The fourth-order valence-electron chi connectivity index (χ4n) is 3.34. The number of nitrogens with zero attached hydrogens (tertiary/aromatic N) is 1. The molecule has 0 spiro atoms. The number of hydrogen-bond donors (Lipinski definition) is 1. The Kier molecular flexibility index (Phi) is 7.67. The minimum Gasteiger partial charge on any atom is -0.496 e. The first-order chi connectivity index (χ1) is 13.7. The molecule has 0 radical (unpaired) electrons. The van der Waals surface area contributed by atoms with Crippen molar-refractivity contribution in [2.75, 3.05) is 24.2 Å². The Labute approximate surface area is 173 Å². The van der Waals surface area contributed by atoms with E-state index in [2.05, 4.69) is 5.32 Å². The van der Waals surface area contributed by atoms with Gasteiger partial charge in [-0.25, -0.2) is 8.42 Å². The van der Waals surface area contributed by atoms with Gasteiger partial charge in [-0.05, 0) is 48.6 Å². The molecule has 6 nitrogen and oxygen atoms in total. The van der Waals surface area contributed by atoms with Crippen LogP contribution >= 0.6 is 0 Å². The Morgan fingerprint density at radius 1 is 1.17 bits per heavy atom. The molecular weight excluding hydrogens is 388 g/mol. The first-order valence-electron chi connectivity index (χ1n) is 9.70. The lowest BCUT2D eigenvalue weighted by atomic mass is 10.0. The van der Waals surface area contributed by atoms with Crippen LogP contribution in [0.15, 0.2) is 42.5 Å². The summed E-state index contributed by atoms with van der Waals surface area (Å²) in [6.07, 6.45) is 2.48. The number of nitrogens with one attached hydrogen (secondary N) is 1. The van der Waals surface area contributed by atoms with E-state index >= 15 is 0 Å². The maximum Gasteiger partial charge on any atom is 0.241 e. The maximum atomic E-state index is 12.8. The molecular formula is C22H30N2O4S. The number of sulfonamides is 1. The van der Waals surface area contributed by atoms with Crippen LogP contribution in [0.3, 0.4) is 0 Å². The average Bonchev–Trinajstić information content (AvgIpc) is 2.69. The number of hydrogen-bond acceptors (Lipinski definition) is 4. The molecule has 158 valence electrons. The summed E-state index contributed by atoms with van der Waals surface area (Å²) in [6, 6.07) is 12.8. The second kappa shape index (κ2) is 9.78. The van der Waals surface area contributed by atoms with Gasteiger partial charge < -0.3 is 10.1 Å². The Bertz CT molecular complexity index is 957. The lowest BCUT2D eigenvalue weighted by molar-refractivity contribution is -0.120. The van der Waals surface area contributed by atoms with Gasteiger partial charge in [0, 0.05) is 0 Å². The molecule has 0 saturated carbocycles. The molecule has 1 atom stereocenters. The number of carbonyl (C=O) groups is 1. The van der Waals surface area contributed by atoms with Crippen molar-refractivity contribution in [1.29, 1.82) is 0 Å². The number of para-hydroxylation sites is 1. The second-order valence-corrected chi connectivity index (χ2v) is 8.92. The first-order valence-corrected chi connectivity index (χ1v) is 11.6. The van der Waals surface area contributed by atoms with Gasteiger partial charge in [0.05, 0.1) is 25.1 Å². The SMILES string of the molecule is CCc1ccccc1N(CC(=O)N[C@H](CC)c1ccc(OC)c(C)c1)S(C)(=O)=O. The number of carbonyl (C=O) groups excluding carboxylic acids is 1. The summed E-state index contributed by atoms with van der Waals surface area (Å²) < 4.78 is 31.3. The third-order valence-electron chi connectivity index (χ3n) is 4.89. The Balaban J connectivity index is 2.24. The third kappa shape index (κ3) is 5.73. The Hall–Kier alpha value is -2.54. The van der Waals surface area contributed by atoms with E-state index in [1.54, 1.807) is 19.2 Å². The van der Waals surface area contributed by atoms with Gasteiger partial charge in [-0.2, -0.15) is 0 Å². The highest BCUT2D eigenvalue weighted by atomic mass is 32.2. The van der Waals surface area contributed by atoms with Gasteiger partial charge in [-0.15, -0.1) is 0 Å². The van der Waals surface area contributed by atoms with E-state index in [-0.39, 0.29) is 18.5 Å². The van der Waals surface area contributed by atoms with E-state index in [1.807, 2.05) is 51.1 Å². The van der Waals surface area contributed by atoms with Crippen molar-refractivity contribution in [1.82, 2.24) is 5.32 Å². The minimum atomic E-state index is -3.61. The zero-order valence-electron chi connectivity index (χ0n) is 17.7. The van der Waals surface area contributed by atoms with E-state index in [0.29, 0.717) is 18.5 Å². The molecule has 0 heterocycles. The predicted molar refractivity (Wildman–Crippen MR) is 117 cm³/mol. The standard InChI is InChI=1S/C22H30N2O4S/c1-6-17-10-8-9-11-20(17)24(29(5,26)27)15-22(25)23-19(7-2)18-12-13-21(28-4)16(3)14-18/h8-14,19H,6-7,15H2,1-5H3,(H,23,25)/t19-/m1/s1. The van der Waals surface area contributed by atoms with Crippen molar-refractivity contribution in [3.8, 4) is 5.75 Å². The molecule has 1 amide bonds. The summed E-state index contributed by atoms with van der Waals surface area (Å²) in [5.74, 6) is 0.441. The molecule has 0 bridgehead atoms. The van der Waals surface area contributed by atoms with Gasteiger partial charge in [-0.3, -0.25) is 9.10 Å². The van der Waals surface area contributed by atoms with Crippen LogP contribution in [0.4, 0.5) is 5.69 Å². The lowest BCUT2D eigenvalue weighted by Crippen LogP contribution is -2.41. The molecule has 0 saturated heterocycles. The number of benzene rings is 2. The summed E-state index contributed by atoms with van der Waals surface area (Å²) in [7, 11) is -1.99. The summed E-state index contributed by atoms with van der Waals surface area (Å²) in [6.45, 7) is 5.62. The van der Waals surface area contributed by atoms with E-state index < -0.39 is 10.0 Å². The molecule has 2 aromatic rings. The summed E-state index contributed by atoms with van der Waals surface area (Å²) in [5, 5.41) is 2.97. The van der Waals surface area contributed by atoms with Gasteiger partial charge in [0.1, 0.15) is 12.3 Å². The van der Waals surface area contributed by atoms with Crippen LogP contribution in [0.2, 0.25) is 0 Å². The number of aryl methyl sites for hydroxylation is 2. The van der Waals surface area contributed by atoms with Crippen LogP contribution < -0.4 is 14.4 Å². The van der Waals surface area contributed by atoms with Crippen LogP contribution in [0.5, 0.6) is 5.75 Å². The summed E-state index contributed by atoms with van der Waals surface area (Å²) >= 11 is 0. The molecule has 2 aromatic carbocycles. The largest absolute Gasteiger partial charge is 0.496 e. The van der Waals surface area contributed by atoms with Crippen LogP contribution in [-0.4, -0.2) is 34.2 Å². The highest BCUT2D eigenvalue weighted by Crippen LogP contribution is 2.25. The smallest absolute Gasteiger partial charge is 0.241 e. The predicted octanol–water partition coefficient (Wildman–Crippen LogP) is 3.60. The lowest BCUT2D eigenvalue weighted by Gasteiger charge is -2.26. The van der Waals surface area contributed by atoms with Gasteiger partial charge in [0.25, 0.3) is 0 Å². The van der Waals surface area contributed by atoms with Crippen LogP contribution in [0, 0.1) is 6.92 Å². The molecule has 0 aliphatic carbocycles. The molecule has 2 rings (SSSR count). The molecule has 0 unspecified atom stereocenters. The Morgan fingerprint density at radius 3 is 2.41 bits per heavy atom. The van der Waals surface area contributed by atoms with E-state index in [1.165, 1.54) is 4.31 Å². The van der Waals surface area contributed by atoms with Crippen molar-refractivity contribution >= 4 is 21.6 Å². The van der Waals surface area contributed by atoms with E-state index in [9.17, 15) is 13.2 Å². The molecule has 7 heteroatoms. The topological polar surface area (TPSA) is 75.7 Å². The van der Waals surface area contributed by atoms with Crippen LogP contribution in [0.25, 0.3) is 0 Å². The van der Waals surface area contributed by atoms with Crippen molar-refractivity contribution in [2.24, 2.45) is 0 Å². The quantitative estimate of drug-likeness (QED) is 0.675. The van der Waals surface area contributed by atoms with Gasteiger partial charge in [0.15, 0.2) is 0 Å².